The topological polar surface area (TPSA) is 57.2 Å². The van der Waals surface area contributed by atoms with Crippen molar-refractivity contribution in [2.45, 2.75) is 24.2 Å². The van der Waals surface area contributed by atoms with Gasteiger partial charge in [-0.1, -0.05) is 54.6 Å². The van der Waals surface area contributed by atoms with Crippen molar-refractivity contribution in [3.8, 4) is 11.5 Å². The number of benzene rings is 3. The zero-order valence-electron chi connectivity index (χ0n) is 17.9. The molecule has 162 valence electrons. The quantitative estimate of drug-likeness (QED) is 0.555. The van der Waals surface area contributed by atoms with Crippen LogP contribution in [-0.4, -0.2) is 44.7 Å². The van der Waals surface area contributed by atoms with E-state index in [1.54, 1.807) is 14.2 Å². The molecule has 0 aliphatic carbocycles. The number of rotatable bonds is 8. The standard InChI is InChI=1S/C26H28O5/c1-28-22-12-8-20(9-13-22)26(19-6-4-3-5-7-19,21-10-14-23(29-2)15-11-21)31-18-25-24(27)16-17-30-25/h3-15,24-25,27H,16-18H2,1-2H3. The molecule has 1 aliphatic rings. The van der Waals surface area contributed by atoms with E-state index in [1.165, 1.54) is 0 Å². The van der Waals surface area contributed by atoms with E-state index >= 15 is 0 Å². The van der Waals surface area contributed by atoms with Crippen LogP contribution < -0.4 is 9.47 Å². The Morgan fingerprint density at radius 1 is 0.806 bits per heavy atom. The molecule has 0 bridgehead atoms. The molecule has 0 aromatic heterocycles. The molecule has 5 nitrogen and oxygen atoms in total. The number of aliphatic hydroxyl groups is 1. The zero-order valence-corrected chi connectivity index (χ0v) is 17.9. The molecule has 1 heterocycles. The molecule has 1 aliphatic heterocycles. The summed E-state index contributed by atoms with van der Waals surface area (Å²) >= 11 is 0. The summed E-state index contributed by atoms with van der Waals surface area (Å²) < 4.78 is 23.2. The van der Waals surface area contributed by atoms with Crippen molar-refractivity contribution in [2.75, 3.05) is 27.4 Å². The van der Waals surface area contributed by atoms with Crippen molar-refractivity contribution < 1.29 is 24.1 Å². The van der Waals surface area contributed by atoms with E-state index in [0.717, 1.165) is 28.2 Å². The first kappa shape index (κ1) is 21.4. The highest BCUT2D eigenvalue weighted by Crippen LogP contribution is 2.42. The van der Waals surface area contributed by atoms with Gasteiger partial charge in [0.05, 0.1) is 26.9 Å². The smallest absolute Gasteiger partial charge is 0.143 e. The van der Waals surface area contributed by atoms with E-state index in [-0.39, 0.29) is 12.7 Å². The Bertz CT molecular complexity index is 906. The zero-order chi connectivity index (χ0) is 21.7. The first-order valence-corrected chi connectivity index (χ1v) is 10.5. The minimum absolute atomic E-state index is 0.258. The van der Waals surface area contributed by atoms with Gasteiger partial charge in [0.1, 0.15) is 23.2 Å². The normalized spacial score (nSPS) is 18.7. The molecular formula is C26H28O5. The van der Waals surface area contributed by atoms with E-state index in [1.807, 2.05) is 66.7 Å². The summed E-state index contributed by atoms with van der Waals surface area (Å²) in [5, 5.41) is 10.3. The second kappa shape index (κ2) is 9.52. The van der Waals surface area contributed by atoms with E-state index in [2.05, 4.69) is 12.1 Å². The molecule has 2 unspecified atom stereocenters. The minimum Gasteiger partial charge on any atom is -0.497 e. The monoisotopic (exact) mass is 420 g/mol. The van der Waals surface area contributed by atoms with Crippen LogP contribution in [0.15, 0.2) is 78.9 Å². The third-order valence-electron chi connectivity index (χ3n) is 5.81. The van der Waals surface area contributed by atoms with E-state index in [9.17, 15) is 5.11 Å². The highest BCUT2D eigenvalue weighted by Gasteiger charge is 2.40. The van der Waals surface area contributed by atoms with Crippen LogP contribution in [-0.2, 0) is 15.1 Å². The molecule has 0 radical (unpaired) electrons. The molecule has 0 saturated carbocycles. The highest BCUT2D eigenvalue weighted by molar-refractivity contribution is 5.49. The fourth-order valence-electron chi connectivity index (χ4n) is 4.08. The Hall–Kier alpha value is -2.86. The van der Waals surface area contributed by atoms with Crippen LogP contribution in [0, 0.1) is 0 Å². The van der Waals surface area contributed by atoms with Gasteiger partial charge >= 0.3 is 0 Å². The summed E-state index contributed by atoms with van der Waals surface area (Å²) in [5.41, 5.74) is 2.00. The second-order valence-corrected chi connectivity index (χ2v) is 7.58. The molecule has 4 rings (SSSR count). The van der Waals surface area contributed by atoms with Crippen molar-refractivity contribution in [3.05, 3.63) is 95.6 Å². The maximum Gasteiger partial charge on any atom is 0.143 e. The van der Waals surface area contributed by atoms with Gasteiger partial charge < -0.3 is 24.1 Å². The average molecular weight is 421 g/mol. The molecule has 3 aromatic rings. The molecule has 1 fully saturated rings. The number of aliphatic hydroxyl groups excluding tert-OH is 1. The molecule has 0 spiro atoms. The van der Waals surface area contributed by atoms with E-state index in [0.29, 0.717) is 13.0 Å². The molecule has 1 N–H and O–H groups in total. The van der Waals surface area contributed by atoms with Gasteiger partial charge in [-0.25, -0.2) is 0 Å². The minimum atomic E-state index is -0.897. The second-order valence-electron chi connectivity index (χ2n) is 7.58. The van der Waals surface area contributed by atoms with Crippen LogP contribution in [0.3, 0.4) is 0 Å². The largest absolute Gasteiger partial charge is 0.497 e. The first-order chi connectivity index (χ1) is 15.2. The van der Waals surface area contributed by atoms with Crippen molar-refractivity contribution in [3.63, 3.8) is 0 Å². The SMILES string of the molecule is COc1ccc(C(OCC2OCCC2O)(c2ccccc2)c2ccc(OC)cc2)cc1. The average Bonchev–Trinajstić information content (AvgIpc) is 3.25. The van der Waals surface area contributed by atoms with E-state index in [4.69, 9.17) is 18.9 Å². The number of hydrogen-bond donors (Lipinski definition) is 1. The van der Waals surface area contributed by atoms with Crippen LogP contribution >= 0.6 is 0 Å². The van der Waals surface area contributed by atoms with Crippen molar-refractivity contribution in [1.82, 2.24) is 0 Å². The lowest BCUT2D eigenvalue weighted by atomic mass is 9.80. The van der Waals surface area contributed by atoms with Gasteiger partial charge in [0.2, 0.25) is 0 Å². The molecule has 0 amide bonds. The number of methoxy groups -OCH3 is 2. The molecular weight excluding hydrogens is 392 g/mol. The Morgan fingerprint density at radius 3 is 1.77 bits per heavy atom. The number of ether oxygens (including phenoxy) is 4. The van der Waals surface area contributed by atoms with Gasteiger partial charge in [0, 0.05) is 6.61 Å². The number of hydrogen-bond acceptors (Lipinski definition) is 5. The predicted octanol–water partition coefficient (Wildman–Crippen LogP) is 4.16. The van der Waals surface area contributed by atoms with Crippen molar-refractivity contribution in [1.29, 1.82) is 0 Å². The lowest BCUT2D eigenvalue weighted by Crippen LogP contribution is -2.38. The summed E-state index contributed by atoms with van der Waals surface area (Å²) in [4.78, 5) is 0. The lowest BCUT2D eigenvalue weighted by Gasteiger charge is -2.37. The molecule has 5 heteroatoms. The van der Waals surface area contributed by atoms with Crippen LogP contribution in [0.5, 0.6) is 11.5 Å². The van der Waals surface area contributed by atoms with Crippen LogP contribution in [0.4, 0.5) is 0 Å². The molecule has 31 heavy (non-hydrogen) atoms. The Morgan fingerprint density at radius 2 is 1.32 bits per heavy atom. The van der Waals surface area contributed by atoms with Crippen molar-refractivity contribution in [2.24, 2.45) is 0 Å². The predicted molar refractivity (Wildman–Crippen MR) is 119 cm³/mol. The van der Waals surface area contributed by atoms with Gasteiger partial charge in [-0.05, 0) is 47.4 Å². The summed E-state index contributed by atoms with van der Waals surface area (Å²) in [5.74, 6) is 1.55. The van der Waals surface area contributed by atoms with Crippen LogP contribution in [0.25, 0.3) is 0 Å². The molecule has 3 aromatic carbocycles. The van der Waals surface area contributed by atoms with E-state index < -0.39 is 11.7 Å². The van der Waals surface area contributed by atoms with Gasteiger partial charge in [0.15, 0.2) is 0 Å². The Labute approximate surface area is 183 Å². The van der Waals surface area contributed by atoms with Gasteiger partial charge in [-0.3, -0.25) is 0 Å². The third-order valence-corrected chi connectivity index (χ3v) is 5.81. The highest BCUT2D eigenvalue weighted by atomic mass is 16.6. The van der Waals surface area contributed by atoms with Gasteiger partial charge in [-0.2, -0.15) is 0 Å². The lowest BCUT2D eigenvalue weighted by molar-refractivity contribution is -0.0697. The summed E-state index contributed by atoms with van der Waals surface area (Å²) in [7, 11) is 3.30. The summed E-state index contributed by atoms with van der Waals surface area (Å²) in [6.07, 6.45) is -0.267. The molecule has 2 atom stereocenters. The Balaban J connectivity index is 1.85. The third kappa shape index (κ3) is 4.30. The van der Waals surface area contributed by atoms with Crippen molar-refractivity contribution >= 4 is 0 Å². The van der Waals surface area contributed by atoms with Crippen LogP contribution in [0.1, 0.15) is 23.1 Å². The summed E-state index contributed by atoms with van der Waals surface area (Å²) in [6.45, 7) is 0.798. The first-order valence-electron chi connectivity index (χ1n) is 10.5. The summed E-state index contributed by atoms with van der Waals surface area (Å²) in [6, 6.07) is 25.9. The fourth-order valence-corrected chi connectivity index (χ4v) is 4.08. The van der Waals surface area contributed by atoms with Crippen LogP contribution in [0.2, 0.25) is 0 Å². The maximum atomic E-state index is 10.3. The Kier molecular flexibility index (Phi) is 6.56. The fraction of sp³-hybridized carbons (Fsp3) is 0.308. The molecule has 1 saturated heterocycles. The maximum absolute atomic E-state index is 10.3. The van der Waals surface area contributed by atoms with Gasteiger partial charge in [0.25, 0.3) is 0 Å². The van der Waals surface area contributed by atoms with Gasteiger partial charge in [-0.15, -0.1) is 0 Å².